The Morgan fingerprint density at radius 1 is 1.24 bits per heavy atom. The van der Waals surface area contributed by atoms with Crippen molar-refractivity contribution < 1.29 is 23.0 Å². The number of nitrogens with zero attached hydrogens (tertiary/aromatic N) is 1. The monoisotopic (exact) mass is 291 g/mol. The van der Waals surface area contributed by atoms with E-state index in [1.807, 2.05) is 0 Å². The van der Waals surface area contributed by atoms with Gasteiger partial charge in [-0.15, -0.1) is 0 Å². The van der Waals surface area contributed by atoms with Crippen LogP contribution in [-0.2, 0) is 5.92 Å². The summed E-state index contributed by atoms with van der Waals surface area (Å²) in [5.74, 6) is -4.34. The van der Waals surface area contributed by atoms with E-state index in [0.717, 1.165) is 12.1 Å². The second-order valence-electron chi connectivity index (χ2n) is 4.64. The van der Waals surface area contributed by atoms with Crippen molar-refractivity contribution in [1.29, 1.82) is 5.26 Å². The number of aliphatic hydroxyl groups is 1. The van der Waals surface area contributed by atoms with Gasteiger partial charge in [0.15, 0.2) is 0 Å². The van der Waals surface area contributed by atoms with E-state index in [2.05, 4.69) is 0 Å². The molecule has 0 aliphatic heterocycles. The van der Waals surface area contributed by atoms with E-state index in [0.29, 0.717) is 0 Å². The Hall–Kier alpha value is -2.52. The molecule has 0 saturated carbocycles. The minimum Gasteiger partial charge on any atom is -0.457 e. The molecule has 106 valence electrons. The first-order valence-corrected chi connectivity index (χ1v) is 6.01. The van der Waals surface area contributed by atoms with Crippen molar-refractivity contribution in [2.24, 2.45) is 0 Å². The van der Waals surface area contributed by atoms with Crippen LogP contribution >= 0.6 is 0 Å². The van der Waals surface area contributed by atoms with Crippen LogP contribution in [0.25, 0.3) is 0 Å². The number of nitriles is 1. The van der Waals surface area contributed by atoms with Gasteiger partial charge in [0, 0.05) is 6.07 Å². The van der Waals surface area contributed by atoms with Crippen LogP contribution in [-0.4, -0.2) is 5.11 Å². The number of alkyl halides is 2. The summed E-state index contributed by atoms with van der Waals surface area (Å²) in [7, 11) is 0. The van der Waals surface area contributed by atoms with Gasteiger partial charge >= 0.3 is 5.92 Å². The minimum atomic E-state index is -3.41. The molecule has 1 atom stereocenters. The van der Waals surface area contributed by atoms with Crippen LogP contribution in [0.2, 0.25) is 0 Å². The number of hydrogen-bond acceptors (Lipinski definition) is 3. The van der Waals surface area contributed by atoms with Crippen LogP contribution in [0.3, 0.4) is 0 Å². The molecule has 0 saturated heterocycles. The Kier molecular flexibility index (Phi) is 2.88. The lowest BCUT2D eigenvalue weighted by atomic mass is 9.80. The fourth-order valence-electron chi connectivity index (χ4n) is 2.29. The molecule has 1 aliphatic rings. The largest absolute Gasteiger partial charge is 0.457 e. The first-order valence-electron chi connectivity index (χ1n) is 6.01. The van der Waals surface area contributed by atoms with Gasteiger partial charge in [-0.25, -0.2) is 4.39 Å². The number of halogens is 3. The van der Waals surface area contributed by atoms with Gasteiger partial charge in [-0.3, -0.25) is 0 Å². The van der Waals surface area contributed by atoms with Crippen molar-refractivity contribution in [3.63, 3.8) is 0 Å². The van der Waals surface area contributed by atoms with Crippen LogP contribution < -0.4 is 4.74 Å². The second kappa shape index (κ2) is 4.50. The van der Waals surface area contributed by atoms with E-state index in [4.69, 9.17) is 10.00 Å². The van der Waals surface area contributed by atoms with Crippen LogP contribution in [0.1, 0.15) is 22.8 Å². The Bertz CT molecular complexity index is 768. The third-order valence-electron chi connectivity index (χ3n) is 3.26. The quantitative estimate of drug-likeness (QED) is 0.919. The van der Waals surface area contributed by atoms with E-state index < -0.39 is 23.4 Å². The molecule has 6 heteroatoms. The standard InChI is InChI=1S/C15H8F3NO2/c16-9-4-8(7-19)5-10(6-9)21-12-3-1-2-11-13(12)15(17,18)14(11)20/h1-6,14,20H. The van der Waals surface area contributed by atoms with E-state index >= 15 is 0 Å². The Morgan fingerprint density at radius 2 is 2.00 bits per heavy atom. The van der Waals surface area contributed by atoms with Crippen molar-refractivity contribution in [2.75, 3.05) is 0 Å². The maximum atomic E-state index is 13.7. The first-order chi connectivity index (χ1) is 9.93. The smallest absolute Gasteiger partial charge is 0.306 e. The minimum absolute atomic E-state index is 0.0200. The molecule has 0 spiro atoms. The molecule has 0 radical (unpaired) electrons. The SMILES string of the molecule is N#Cc1cc(F)cc(Oc2cccc3c2C(F)(F)C3O)c1. The predicted octanol–water partition coefficient (Wildman–Crippen LogP) is 3.63. The number of fused-ring (bicyclic) bond motifs is 1. The summed E-state index contributed by atoms with van der Waals surface area (Å²) in [5, 5.41) is 18.1. The predicted molar refractivity (Wildman–Crippen MR) is 66.5 cm³/mol. The van der Waals surface area contributed by atoms with Gasteiger partial charge in [-0.05, 0) is 23.8 Å². The zero-order valence-electron chi connectivity index (χ0n) is 10.5. The maximum Gasteiger partial charge on any atom is 0.306 e. The molecule has 1 unspecified atom stereocenters. The van der Waals surface area contributed by atoms with Crippen molar-refractivity contribution in [2.45, 2.75) is 12.0 Å². The first kappa shape index (κ1) is 13.5. The van der Waals surface area contributed by atoms with E-state index in [-0.39, 0.29) is 22.6 Å². The normalized spacial score (nSPS) is 18.3. The fourth-order valence-corrected chi connectivity index (χ4v) is 2.29. The molecule has 0 heterocycles. The highest BCUT2D eigenvalue weighted by atomic mass is 19.3. The average molecular weight is 291 g/mol. The summed E-state index contributed by atoms with van der Waals surface area (Å²) in [6.45, 7) is 0. The summed E-state index contributed by atoms with van der Waals surface area (Å²) in [6, 6.07) is 9.12. The van der Waals surface area contributed by atoms with Crippen LogP contribution in [0.5, 0.6) is 11.5 Å². The summed E-state index contributed by atoms with van der Waals surface area (Å²) >= 11 is 0. The number of hydrogen-bond donors (Lipinski definition) is 1. The molecular weight excluding hydrogens is 283 g/mol. The zero-order chi connectivity index (χ0) is 15.2. The van der Waals surface area contributed by atoms with E-state index in [1.165, 1.54) is 24.3 Å². The third kappa shape index (κ3) is 2.03. The van der Waals surface area contributed by atoms with Gasteiger partial charge in [0.05, 0.1) is 17.2 Å². The average Bonchev–Trinajstić information content (AvgIpc) is 2.45. The number of ether oxygens (including phenoxy) is 1. The lowest BCUT2D eigenvalue weighted by Gasteiger charge is -2.36. The van der Waals surface area contributed by atoms with Crippen molar-refractivity contribution in [1.82, 2.24) is 0 Å². The number of aliphatic hydroxyl groups excluding tert-OH is 1. The molecule has 0 bridgehead atoms. The molecule has 1 aliphatic carbocycles. The molecule has 1 N–H and O–H groups in total. The summed E-state index contributed by atoms with van der Waals surface area (Å²) in [6.07, 6.45) is -1.86. The second-order valence-corrected chi connectivity index (χ2v) is 4.64. The fraction of sp³-hybridized carbons (Fsp3) is 0.133. The lowest BCUT2D eigenvalue weighted by Crippen LogP contribution is -2.36. The topological polar surface area (TPSA) is 53.2 Å². The molecule has 3 rings (SSSR count). The summed E-state index contributed by atoms with van der Waals surface area (Å²) in [5.41, 5.74) is -0.318. The highest BCUT2D eigenvalue weighted by Crippen LogP contribution is 2.56. The molecule has 0 fully saturated rings. The van der Waals surface area contributed by atoms with Gasteiger partial charge in [-0.1, -0.05) is 12.1 Å². The zero-order valence-corrected chi connectivity index (χ0v) is 10.5. The van der Waals surface area contributed by atoms with Gasteiger partial charge in [0.1, 0.15) is 23.4 Å². The maximum absolute atomic E-state index is 13.7. The van der Waals surface area contributed by atoms with E-state index in [9.17, 15) is 18.3 Å². The van der Waals surface area contributed by atoms with Crippen LogP contribution in [0, 0.1) is 17.1 Å². The summed E-state index contributed by atoms with van der Waals surface area (Å²) < 4.78 is 45.9. The molecule has 3 nitrogen and oxygen atoms in total. The molecule has 2 aromatic carbocycles. The highest BCUT2D eigenvalue weighted by Gasteiger charge is 2.55. The van der Waals surface area contributed by atoms with Crippen LogP contribution in [0.15, 0.2) is 36.4 Å². The molecular formula is C15H8F3NO2. The van der Waals surface area contributed by atoms with Crippen molar-refractivity contribution >= 4 is 0 Å². The summed E-state index contributed by atoms with van der Waals surface area (Å²) in [4.78, 5) is 0. The molecule has 2 aromatic rings. The lowest BCUT2D eigenvalue weighted by molar-refractivity contribution is -0.148. The Labute approximate surface area is 117 Å². The van der Waals surface area contributed by atoms with Gasteiger partial charge in [-0.2, -0.15) is 14.0 Å². The van der Waals surface area contributed by atoms with Crippen molar-refractivity contribution in [3.05, 3.63) is 58.9 Å². The molecule has 0 aromatic heterocycles. The van der Waals surface area contributed by atoms with Gasteiger partial charge in [0.2, 0.25) is 0 Å². The van der Waals surface area contributed by atoms with Gasteiger partial charge in [0.25, 0.3) is 0 Å². The van der Waals surface area contributed by atoms with Crippen LogP contribution in [0.4, 0.5) is 13.2 Å². The van der Waals surface area contributed by atoms with Crippen molar-refractivity contribution in [3.8, 4) is 17.6 Å². The molecule has 21 heavy (non-hydrogen) atoms. The highest BCUT2D eigenvalue weighted by molar-refractivity contribution is 5.54. The Morgan fingerprint density at radius 3 is 2.71 bits per heavy atom. The number of rotatable bonds is 2. The Balaban J connectivity index is 2.02. The number of benzene rings is 2. The molecule has 0 amide bonds. The third-order valence-corrected chi connectivity index (χ3v) is 3.26. The van der Waals surface area contributed by atoms with E-state index in [1.54, 1.807) is 6.07 Å². The van der Waals surface area contributed by atoms with Gasteiger partial charge < -0.3 is 9.84 Å².